The summed E-state index contributed by atoms with van der Waals surface area (Å²) in [6.07, 6.45) is 0. The van der Waals surface area contributed by atoms with E-state index in [1.807, 2.05) is 19.1 Å². The zero-order valence-electron chi connectivity index (χ0n) is 14.8. The van der Waals surface area contributed by atoms with E-state index in [9.17, 15) is 13.2 Å². The maximum absolute atomic E-state index is 14.6. The summed E-state index contributed by atoms with van der Waals surface area (Å²) in [6, 6.07) is 14.7. The van der Waals surface area contributed by atoms with Crippen LogP contribution in [0.25, 0.3) is 0 Å². The Balaban J connectivity index is 2.07. The first-order chi connectivity index (χ1) is 13.4. The lowest BCUT2D eigenvalue weighted by atomic mass is 10.0. The highest BCUT2D eigenvalue weighted by Gasteiger charge is 2.29. The fourth-order valence-electron chi connectivity index (χ4n) is 2.87. The van der Waals surface area contributed by atoms with Gasteiger partial charge in [0.2, 0.25) is 0 Å². The van der Waals surface area contributed by atoms with E-state index in [1.54, 1.807) is 22.5 Å². The van der Waals surface area contributed by atoms with Gasteiger partial charge in [0.05, 0.1) is 6.04 Å². The van der Waals surface area contributed by atoms with E-state index >= 15 is 0 Å². The van der Waals surface area contributed by atoms with E-state index in [0.717, 1.165) is 28.2 Å². The van der Waals surface area contributed by atoms with Gasteiger partial charge in [-0.2, -0.15) is 4.31 Å². The molecule has 28 heavy (non-hydrogen) atoms. The van der Waals surface area contributed by atoms with Crippen molar-refractivity contribution in [2.45, 2.75) is 23.2 Å². The van der Waals surface area contributed by atoms with Gasteiger partial charge >= 0.3 is 0 Å². The summed E-state index contributed by atoms with van der Waals surface area (Å²) in [5, 5.41) is 1.04. The molecule has 0 bridgehead atoms. The van der Waals surface area contributed by atoms with Crippen LogP contribution < -0.4 is 4.31 Å². The number of thiol groups is 1. The number of hydrogen-bond donors (Lipinski definition) is 0. The lowest BCUT2D eigenvalue weighted by Gasteiger charge is -2.25. The van der Waals surface area contributed by atoms with Crippen LogP contribution in [-0.2, 0) is 17.3 Å². The Morgan fingerprint density at radius 1 is 0.964 bits per heavy atom. The quantitative estimate of drug-likeness (QED) is 0.205. The smallest absolute Gasteiger partial charge is 0.179 e. The fraction of sp³-hybridized carbons (Fsp3) is 0.143. The first-order valence-corrected chi connectivity index (χ1v) is 10.8. The summed E-state index contributed by atoms with van der Waals surface area (Å²) in [5.41, 5.74) is 1.71. The van der Waals surface area contributed by atoms with Crippen LogP contribution in [0.1, 0.15) is 24.1 Å². The van der Waals surface area contributed by atoms with Crippen LogP contribution in [0.3, 0.4) is 0 Å². The zero-order chi connectivity index (χ0) is 20.3. The Hall–Kier alpha value is -1.63. The summed E-state index contributed by atoms with van der Waals surface area (Å²) in [7, 11) is 0. The molecule has 0 N–H and O–H groups in total. The molecule has 0 fully saturated rings. The Bertz CT molecular complexity index is 968. The van der Waals surface area contributed by atoms with Crippen molar-refractivity contribution >= 4 is 45.2 Å². The third-order valence-corrected chi connectivity index (χ3v) is 6.43. The topological polar surface area (TPSA) is 3.24 Å². The number of nitrogens with zero attached hydrogens (tertiary/aromatic N) is 1. The van der Waals surface area contributed by atoms with Crippen molar-refractivity contribution in [3.63, 3.8) is 0 Å². The molecule has 0 aliphatic rings. The molecule has 1 unspecified atom stereocenters. The molecule has 1 atom stereocenters. The molecule has 0 saturated carbocycles. The van der Waals surface area contributed by atoms with E-state index in [2.05, 4.69) is 15.9 Å². The van der Waals surface area contributed by atoms with Crippen molar-refractivity contribution < 1.29 is 13.2 Å². The highest BCUT2D eigenvalue weighted by Crippen LogP contribution is 2.34. The largest absolute Gasteiger partial charge is 0.207 e. The molecule has 0 heterocycles. The van der Waals surface area contributed by atoms with Crippen LogP contribution in [0.4, 0.5) is 18.9 Å². The molecule has 0 spiro atoms. The first-order valence-electron chi connectivity index (χ1n) is 8.45. The average Bonchev–Trinajstić information content (AvgIpc) is 2.69. The molecule has 3 aromatic carbocycles. The normalized spacial score (nSPS) is 12.1. The second-order valence-electron chi connectivity index (χ2n) is 6.17. The second kappa shape index (κ2) is 9.25. The number of hydrogen-bond acceptors (Lipinski definition) is 1. The van der Waals surface area contributed by atoms with Crippen molar-refractivity contribution in [1.82, 2.24) is 0 Å². The molecule has 146 valence electrons. The van der Waals surface area contributed by atoms with Crippen molar-refractivity contribution in [3.05, 3.63) is 94.3 Å². The van der Waals surface area contributed by atoms with Crippen LogP contribution in [0.2, 0.25) is 5.02 Å². The van der Waals surface area contributed by atoms with Gasteiger partial charge in [-0.15, -0.1) is 0 Å². The molecule has 0 aliphatic heterocycles. The lowest BCUT2D eigenvalue weighted by Crippen LogP contribution is -2.27. The first kappa shape index (κ1) is 21.1. The molecule has 0 amide bonds. The number of halogens is 5. The molecule has 0 radical (unpaired) electrons. The highest BCUT2D eigenvalue weighted by atomic mass is 79.9. The summed E-state index contributed by atoms with van der Waals surface area (Å²) in [4.78, 5) is 0.863. The van der Waals surface area contributed by atoms with Gasteiger partial charge in [-0.05, 0) is 66.6 Å². The molecule has 0 saturated heterocycles. The molecular weight excluding hydrogens is 471 g/mol. The third kappa shape index (κ3) is 4.85. The van der Waals surface area contributed by atoms with E-state index in [0.29, 0.717) is 22.3 Å². The Morgan fingerprint density at radius 3 is 2.29 bits per heavy atom. The highest BCUT2D eigenvalue weighted by molar-refractivity contribution is 9.08. The Kier molecular flexibility index (Phi) is 6.96. The Labute approximate surface area is 179 Å². The van der Waals surface area contributed by atoms with Crippen LogP contribution >= 0.6 is 27.5 Å². The molecule has 1 nitrogen and oxygen atoms in total. The van der Waals surface area contributed by atoms with Gasteiger partial charge in [0.15, 0.2) is 10.7 Å². The maximum Gasteiger partial charge on any atom is 0.179 e. The average molecular weight is 488 g/mol. The minimum atomic E-state index is -0.530. The number of rotatable bonds is 6. The van der Waals surface area contributed by atoms with E-state index < -0.39 is 11.6 Å². The van der Waals surface area contributed by atoms with Gasteiger partial charge in [0.25, 0.3) is 0 Å². The van der Waals surface area contributed by atoms with Crippen molar-refractivity contribution in [2.24, 2.45) is 0 Å². The molecule has 0 aliphatic carbocycles. The van der Waals surface area contributed by atoms with E-state index in [4.69, 9.17) is 11.6 Å². The number of anilines is 1. The van der Waals surface area contributed by atoms with Gasteiger partial charge in [0, 0.05) is 16.4 Å². The van der Waals surface area contributed by atoms with Crippen molar-refractivity contribution in [2.75, 3.05) is 4.31 Å². The van der Waals surface area contributed by atoms with E-state index in [1.165, 1.54) is 18.2 Å². The SMILES string of the molecule is CC(c1ccc(F)cc1CBr)N([SH+]c1ccc(Cl)cc1)c1cc(F)ccc1F. The Morgan fingerprint density at radius 2 is 1.61 bits per heavy atom. The molecule has 0 aromatic heterocycles. The van der Waals surface area contributed by atoms with Crippen LogP contribution in [0.15, 0.2) is 65.6 Å². The van der Waals surface area contributed by atoms with Crippen molar-refractivity contribution in [3.8, 4) is 0 Å². The number of benzene rings is 3. The lowest BCUT2D eigenvalue weighted by molar-refractivity contribution is 0.596. The summed E-state index contributed by atoms with van der Waals surface area (Å²) in [5.74, 6) is -1.40. The van der Waals surface area contributed by atoms with Crippen LogP contribution in [-0.4, -0.2) is 0 Å². The molecule has 7 heteroatoms. The standard InChI is InChI=1S/C21H16BrClF3NS/c1-13(19-8-4-16(24)10-14(19)12-22)27(21-11-17(25)5-9-20(21)26)28-18-6-2-15(23)3-7-18/h2-11,13H,12H2,1H3/p+1. The second-order valence-corrected chi connectivity index (χ2v) is 8.31. The van der Waals surface area contributed by atoms with Gasteiger partial charge < -0.3 is 0 Å². The monoisotopic (exact) mass is 486 g/mol. The van der Waals surface area contributed by atoms with Gasteiger partial charge in [-0.3, -0.25) is 0 Å². The van der Waals surface area contributed by atoms with Gasteiger partial charge in [0.1, 0.15) is 29.3 Å². The maximum atomic E-state index is 14.6. The van der Waals surface area contributed by atoms with Crippen LogP contribution in [0, 0.1) is 17.5 Å². The molecular formula is C21H17BrClF3NS+. The predicted molar refractivity (Wildman–Crippen MR) is 115 cm³/mol. The van der Waals surface area contributed by atoms with Gasteiger partial charge in [-0.1, -0.05) is 33.6 Å². The third-order valence-electron chi connectivity index (χ3n) is 4.27. The zero-order valence-corrected chi connectivity index (χ0v) is 18.1. The number of alkyl halides is 1. The predicted octanol–water partition coefficient (Wildman–Crippen LogP) is 7.01. The minimum Gasteiger partial charge on any atom is -0.207 e. The fourth-order valence-corrected chi connectivity index (χ4v) is 4.57. The van der Waals surface area contributed by atoms with Gasteiger partial charge in [-0.25, -0.2) is 13.2 Å². The van der Waals surface area contributed by atoms with Crippen molar-refractivity contribution in [1.29, 1.82) is 0 Å². The minimum absolute atomic E-state index is 0.133. The summed E-state index contributed by atoms with van der Waals surface area (Å²) < 4.78 is 43.9. The van der Waals surface area contributed by atoms with E-state index in [-0.39, 0.29) is 17.5 Å². The van der Waals surface area contributed by atoms with Crippen LogP contribution in [0.5, 0.6) is 0 Å². The summed E-state index contributed by atoms with van der Waals surface area (Å²) >= 11 is 9.98. The molecule has 3 rings (SSSR count). The molecule has 3 aromatic rings. The summed E-state index contributed by atoms with van der Waals surface area (Å²) in [6.45, 7) is 1.88.